The van der Waals surface area contributed by atoms with Gasteiger partial charge in [-0.25, -0.2) is 4.98 Å². The van der Waals surface area contributed by atoms with Crippen LogP contribution >= 0.6 is 23.1 Å². The largest absolute Gasteiger partial charge is 0.493 e. The van der Waals surface area contributed by atoms with Gasteiger partial charge >= 0.3 is 0 Å². The molecule has 144 valence electrons. The first-order chi connectivity index (χ1) is 12.8. The van der Waals surface area contributed by atoms with Crippen molar-refractivity contribution in [1.82, 2.24) is 4.98 Å². The molecule has 27 heavy (non-hydrogen) atoms. The lowest BCUT2D eigenvalue weighted by Crippen LogP contribution is -2.14. The van der Waals surface area contributed by atoms with Gasteiger partial charge in [-0.15, -0.1) is 23.1 Å². The summed E-state index contributed by atoms with van der Waals surface area (Å²) in [7, 11) is 2.71. The number of primary amides is 1. The topological polar surface area (TPSA) is 147 Å². The number of nitrogens with one attached hydrogen (secondary N) is 1. The lowest BCUT2D eigenvalue weighted by Gasteiger charge is -2.10. The van der Waals surface area contributed by atoms with Crippen LogP contribution in [0.1, 0.15) is 16.1 Å². The third kappa shape index (κ3) is 5.31. The van der Waals surface area contributed by atoms with Gasteiger partial charge in [0.15, 0.2) is 16.6 Å². The Morgan fingerprint density at radius 1 is 1.33 bits per heavy atom. The van der Waals surface area contributed by atoms with Crippen LogP contribution in [0.5, 0.6) is 11.5 Å². The number of rotatable bonds is 9. The molecular formula is C15H16N4O6S2. The van der Waals surface area contributed by atoms with E-state index in [2.05, 4.69) is 10.3 Å². The third-order valence-electron chi connectivity index (χ3n) is 3.21. The van der Waals surface area contributed by atoms with Crippen molar-refractivity contribution in [3.63, 3.8) is 0 Å². The van der Waals surface area contributed by atoms with Crippen LogP contribution in [-0.4, -0.2) is 41.7 Å². The predicted octanol–water partition coefficient (Wildman–Crippen LogP) is 2.04. The number of benzene rings is 1. The summed E-state index contributed by atoms with van der Waals surface area (Å²) < 4.78 is 10.1. The van der Waals surface area contributed by atoms with Gasteiger partial charge in [0.25, 0.3) is 11.6 Å². The average molecular weight is 412 g/mol. The number of aromatic nitrogens is 1. The Hall–Kier alpha value is -2.86. The fourth-order valence-electron chi connectivity index (χ4n) is 2.05. The van der Waals surface area contributed by atoms with Gasteiger partial charge < -0.3 is 15.2 Å². The summed E-state index contributed by atoms with van der Waals surface area (Å²) in [6.45, 7) is 0. The van der Waals surface area contributed by atoms with Gasteiger partial charge in [0.2, 0.25) is 5.91 Å². The summed E-state index contributed by atoms with van der Waals surface area (Å²) in [5.74, 6) is -0.180. The highest BCUT2D eigenvalue weighted by molar-refractivity contribution is 7.99. The number of nitrogens with zero attached hydrogens (tertiary/aromatic N) is 2. The Labute approximate surface area is 162 Å². The van der Waals surface area contributed by atoms with Gasteiger partial charge in [0.05, 0.1) is 36.7 Å². The molecule has 0 radical (unpaired) electrons. The average Bonchev–Trinajstić information content (AvgIpc) is 3.07. The number of nitrogens with two attached hydrogens (primary N) is 1. The minimum Gasteiger partial charge on any atom is -0.493 e. The molecule has 0 aliphatic heterocycles. The molecule has 2 rings (SSSR count). The molecule has 1 aromatic heterocycles. The van der Waals surface area contributed by atoms with E-state index in [1.165, 1.54) is 32.0 Å². The minimum atomic E-state index is -0.701. The number of nitro groups is 1. The molecule has 0 aliphatic rings. The Kier molecular flexibility index (Phi) is 6.96. The lowest BCUT2D eigenvalue weighted by atomic mass is 10.1. The number of anilines is 1. The van der Waals surface area contributed by atoms with Crippen molar-refractivity contribution in [2.45, 2.75) is 5.75 Å². The number of carbonyl (C=O) groups excluding carboxylic acids is 2. The van der Waals surface area contributed by atoms with Gasteiger partial charge in [-0.3, -0.25) is 25.0 Å². The maximum Gasteiger partial charge on any atom is 0.286 e. The summed E-state index contributed by atoms with van der Waals surface area (Å²) in [5.41, 5.74) is 5.12. The molecule has 2 amide bonds. The van der Waals surface area contributed by atoms with Gasteiger partial charge in [0.1, 0.15) is 5.56 Å². The molecule has 1 aromatic carbocycles. The van der Waals surface area contributed by atoms with Crippen molar-refractivity contribution in [2.75, 3.05) is 25.3 Å². The van der Waals surface area contributed by atoms with Crippen molar-refractivity contribution >= 4 is 45.7 Å². The molecule has 10 nitrogen and oxygen atoms in total. The summed E-state index contributed by atoms with van der Waals surface area (Å²) >= 11 is 2.46. The van der Waals surface area contributed by atoms with Crippen molar-refractivity contribution in [3.8, 4) is 11.5 Å². The zero-order valence-corrected chi connectivity index (χ0v) is 16.0. The fraction of sp³-hybridized carbons (Fsp3) is 0.267. The first-order valence-electron chi connectivity index (χ1n) is 7.38. The SMILES string of the molecule is COc1cc(C(=O)Nc2nc(CSCC(N)=O)cs2)c([N+](=O)[O-])cc1OC. The van der Waals surface area contributed by atoms with Gasteiger partial charge in [-0.2, -0.15) is 0 Å². The number of methoxy groups -OCH3 is 2. The molecule has 0 bridgehead atoms. The monoisotopic (exact) mass is 412 g/mol. The van der Waals surface area contributed by atoms with Gasteiger partial charge in [-0.1, -0.05) is 0 Å². The van der Waals surface area contributed by atoms with E-state index in [0.29, 0.717) is 11.4 Å². The van der Waals surface area contributed by atoms with Gasteiger partial charge in [-0.05, 0) is 0 Å². The summed E-state index contributed by atoms with van der Waals surface area (Å²) in [4.78, 5) is 38.1. The van der Waals surface area contributed by atoms with E-state index < -0.39 is 22.4 Å². The highest BCUT2D eigenvalue weighted by Crippen LogP contribution is 2.35. The van der Waals surface area contributed by atoms with E-state index in [1.54, 1.807) is 5.38 Å². The van der Waals surface area contributed by atoms with Crippen LogP contribution in [0.2, 0.25) is 0 Å². The molecule has 0 saturated heterocycles. The number of nitro benzene ring substituents is 1. The van der Waals surface area contributed by atoms with E-state index >= 15 is 0 Å². The maximum absolute atomic E-state index is 12.5. The molecule has 2 aromatic rings. The Morgan fingerprint density at radius 2 is 2.00 bits per heavy atom. The first-order valence-corrected chi connectivity index (χ1v) is 9.41. The number of thiazole rings is 1. The Bertz CT molecular complexity index is 870. The van der Waals surface area contributed by atoms with Crippen LogP contribution in [-0.2, 0) is 10.5 Å². The van der Waals surface area contributed by atoms with E-state index in [1.807, 2.05) is 0 Å². The molecule has 0 fully saturated rings. The normalized spacial score (nSPS) is 10.3. The third-order valence-corrected chi connectivity index (χ3v) is 5.00. The maximum atomic E-state index is 12.5. The second-order valence-corrected chi connectivity index (χ2v) is 6.88. The molecule has 0 aliphatic carbocycles. The number of hydrogen-bond acceptors (Lipinski definition) is 9. The molecule has 0 saturated carbocycles. The van der Waals surface area contributed by atoms with Crippen LogP contribution < -0.4 is 20.5 Å². The molecule has 0 unspecified atom stereocenters. The van der Waals surface area contributed by atoms with Crippen LogP contribution in [0.3, 0.4) is 0 Å². The van der Waals surface area contributed by atoms with Crippen LogP contribution in [0.15, 0.2) is 17.5 Å². The predicted molar refractivity (Wildman–Crippen MR) is 102 cm³/mol. The number of ether oxygens (including phenoxy) is 2. The van der Waals surface area contributed by atoms with Crippen LogP contribution in [0.25, 0.3) is 0 Å². The minimum absolute atomic E-state index is 0.142. The molecule has 0 atom stereocenters. The van der Waals surface area contributed by atoms with Gasteiger partial charge in [0, 0.05) is 17.2 Å². The van der Waals surface area contributed by atoms with Crippen molar-refractivity contribution in [2.24, 2.45) is 5.73 Å². The smallest absolute Gasteiger partial charge is 0.286 e. The van der Waals surface area contributed by atoms with E-state index in [-0.39, 0.29) is 27.9 Å². The molecule has 1 heterocycles. The fourth-order valence-corrected chi connectivity index (χ4v) is 3.52. The van der Waals surface area contributed by atoms with E-state index in [0.717, 1.165) is 17.4 Å². The number of carbonyl (C=O) groups is 2. The summed E-state index contributed by atoms with van der Waals surface area (Å²) in [6, 6.07) is 2.37. The number of hydrogen-bond donors (Lipinski definition) is 2. The second-order valence-electron chi connectivity index (χ2n) is 5.04. The molecule has 3 N–H and O–H groups in total. The first kappa shape index (κ1) is 20.5. The Balaban J connectivity index is 2.19. The molecule has 12 heteroatoms. The summed E-state index contributed by atoms with van der Waals surface area (Å²) in [5, 5.41) is 15.8. The second kappa shape index (κ2) is 9.19. The van der Waals surface area contributed by atoms with Crippen LogP contribution in [0, 0.1) is 10.1 Å². The standard InChI is InChI=1S/C15H16N4O6S2/c1-24-11-3-9(10(19(22)23)4-12(11)25-2)14(21)18-15-17-8(6-27-15)5-26-7-13(16)20/h3-4,6H,5,7H2,1-2H3,(H2,16,20)(H,17,18,21). The highest BCUT2D eigenvalue weighted by Gasteiger charge is 2.25. The van der Waals surface area contributed by atoms with Crippen molar-refractivity contribution in [3.05, 3.63) is 38.9 Å². The zero-order chi connectivity index (χ0) is 20.0. The number of thioether (sulfide) groups is 1. The molecular weight excluding hydrogens is 396 g/mol. The lowest BCUT2D eigenvalue weighted by molar-refractivity contribution is -0.385. The molecule has 0 spiro atoms. The number of amides is 2. The van der Waals surface area contributed by atoms with E-state index in [4.69, 9.17) is 15.2 Å². The van der Waals surface area contributed by atoms with Crippen LogP contribution in [0.4, 0.5) is 10.8 Å². The summed E-state index contributed by atoms with van der Waals surface area (Å²) in [6.07, 6.45) is 0. The van der Waals surface area contributed by atoms with Crippen molar-refractivity contribution < 1.29 is 24.0 Å². The quantitative estimate of drug-likeness (QED) is 0.470. The van der Waals surface area contributed by atoms with Crippen molar-refractivity contribution in [1.29, 1.82) is 0 Å². The Morgan fingerprint density at radius 3 is 2.59 bits per heavy atom. The zero-order valence-electron chi connectivity index (χ0n) is 14.4. The highest BCUT2D eigenvalue weighted by atomic mass is 32.2. The van der Waals surface area contributed by atoms with E-state index in [9.17, 15) is 19.7 Å².